The van der Waals surface area contributed by atoms with Gasteiger partial charge in [-0.05, 0) is 49.2 Å². The number of amides is 1. The quantitative estimate of drug-likeness (QED) is 0.593. The van der Waals surface area contributed by atoms with Crippen molar-refractivity contribution in [3.8, 4) is 17.2 Å². The highest BCUT2D eigenvalue weighted by Crippen LogP contribution is 2.30. The SMILES string of the molecule is COc1ccc(OC)c(NC(=O)[C@H]2CCCN(c3ccc(=O)n(-c4cccc(Cl)c4)n3)C2)c1. The van der Waals surface area contributed by atoms with E-state index in [4.69, 9.17) is 21.1 Å². The first-order chi connectivity index (χ1) is 16.0. The Bertz CT molecular complexity index is 1210. The zero-order valence-corrected chi connectivity index (χ0v) is 19.2. The van der Waals surface area contributed by atoms with E-state index in [1.807, 2.05) is 4.90 Å². The summed E-state index contributed by atoms with van der Waals surface area (Å²) >= 11 is 6.08. The van der Waals surface area contributed by atoms with E-state index in [9.17, 15) is 9.59 Å². The average molecular weight is 469 g/mol. The maximum atomic E-state index is 13.1. The number of carbonyl (C=O) groups is 1. The molecule has 2 aromatic carbocycles. The summed E-state index contributed by atoms with van der Waals surface area (Å²) in [6, 6.07) is 15.4. The van der Waals surface area contributed by atoms with Gasteiger partial charge in [-0.3, -0.25) is 9.59 Å². The normalized spacial score (nSPS) is 15.7. The molecular weight excluding hydrogens is 444 g/mol. The lowest BCUT2D eigenvalue weighted by Crippen LogP contribution is -2.41. The second kappa shape index (κ2) is 9.95. The van der Waals surface area contributed by atoms with Crippen LogP contribution in [0.3, 0.4) is 0 Å². The first kappa shape index (κ1) is 22.7. The van der Waals surface area contributed by atoms with Gasteiger partial charge in [-0.15, -0.1) is 5.10 Å². The number of carbonyl (C=O) groups excluding carboxylic acids is 1. The molecule has 1 amide bonds. The zero-order valence-electron chi connectivity index (χ0n) is 18.5. The molecule has 172 valence electrons. The van der Waals surface area contributed by atoms with Crippen LogP contribution in [0.1, 0.15) is 12.8 Å². The zero-order chi connectivity index (χ0) is 23.4. The second-order valence-corrected chi connectivity index (χ2v) is 8.20. The van der Waals surface area contributed by atoms with Crippen LogP contribution in [0.2, 0.25) is 5.02 Å². The molecule has 8 nitrogen and oxygen atoms in total. The fourth-order valence-electron chi connectivity index (χ4n) is 3.91. The number of nitrogens with zero attached hydrogens (tertiary/aromatic N) is 3. The van der Waals surface area contributed by atoms with Crippen molar-refractivity contribution in [2.75, 3.05) is 37.5 Å². The number of hydrogen-bond donors (Lipinski definition) is 1. The van der Waals surface area contributed by atoms with E-state index in [-0.39, 0.29) is 17.4 Å². The molecule has 0 radical (unpaired) electrons. The van der Waals surface area contributed by atoms with Gasteiger partial charge in [0.05, 0.1) is 31.5 Å². The molecule has 1 saturated heterocycles. The number of benzene rings is 2. The number of hydrogen-bond acceptors (Lipinski definition) is 6. The molecule has 9 heteroatoms. The summed E-state index contributed by atoms with van der Waals surface area (Å²) in [4.78, 5) is 27.5. The molecule has 0 bridgehead atoms. The lowest BCUT2D eigenvalue weighted by atomic mass is 9.97. The second-order valence-electron chi connectivity index (χ2n) is 7.76. The molecule has 0 unspecified atom stereocenters. The van der Waals surface area contributed by atoms with Gasteiger partial charge in [0.25, 0.3) is 5.56 Å². The van der Waals surface area contributed by atoms with Gasteiger partial charge in [-0.2, -0.15) is 4.68 Å². The van der Waals surface area contributed by atoms with Crippen molar-refractivity contribution in [2.24, 2.45) is 5.92 Å². The predicted molar refractivity (Wildman–Crippen MR) is 128 cm³/mol. The number of methoxy groups -OCH3 is 2. The molecule has 1 fully saturated rings. The van der Waals surface area contributed by atoms with E-state index in [1.54, 1.807) is 62.8 Å². The summed E-state index contributed by atoms with van der Waals surface area (Å²) in [5.41, 5.74) is 0.898. The molecule has 1 aliphatic rings. The molecule has 0 spiro atoms. The minimum absolute atomic E-state index is 0.102. The number of aromatic nitrogens is 2. The summed E-state index contributed by atoms with van der Waals surface area (Å²) in [5.74, 6) is 1.47. The topological polar surface area (TPSA) is 85.7 Å². The maximum absolute atomic E-state index is 13.1. The van der Waals surface area contributed by atoms with Crippen LogP contribution in [-0.2, 0) is 4.79 Å². The standard InChI is InChI=1S/C24H25ClN4O4/c1-32-19-8-9-21(33-2)20(14-19)26-24(31)16-5-4-12-28(15-16)22-10-11-23(30)29(27-22)18-7-3-6-17(25)13-18/h3,6-11,13-14,16H,4-5,12,15H2,1-2H3,(H,26,31)/t16-/m0/s1. The Morgan fingerprint density at radius 1 is 1.12 bits per heavy atom. The molecule has 2 heterocycles. The fraction of sp³-hybridized carbons (Fsp3) is 0.292. The Labute approximate surface area is 196 Å². The van der Waals surface area contributed by atoms with Crippen LogP contribution in [0.15, 0.2) is 59.4 Å². The largest absolute Gasteiger partial charge is 0.497 e. The third-order valence-corrected chi connectivity index (χ3v) is 5.85. The number of ether oxygens (including phenoxy) is 2. The van der Waals surface area contributed by atoms with Gasteiger partial charge in [-0.25, -0.2) is 0 Å². The lowest BCUT2D eigenvalue weighted by molar-refractivity contribution is -0.120. The van der Waals surface area contributed by atoms with E-state index in [0.29, 0.717) is 40.3 Å². The number of piperidine rings is 1. The predicted octanol–water partition coefficient (Wildman–Crippen LogP) is 3.76. The highest BCUT2D eigenvalue weighted by Gasteiger charge is 2.27. The molecule has 1 N–H and O–H groups in total. The fourth-order valence-corrected chi connectivity index (χ4v) is 4.09. The van der Waals surface area contributed by atoms with E-state index < -0.39 is 0 Å². The van der Waals surface area contributed by atoms with Gasteiger partial charge in [0.15, 0.2) is 0 Å². The molecule has 3 aromatic rings. The summed E-state index contributed by atoms with van der Waals surface area (Å²) in [5, 5.41) is 8.03. The van der Waals surface area contributed by atoms with Crippen molar-refractivity contribution in [2.45, 2.75) is 12.8 Å². The monoisotopic (exact) mass is 468 g/mol. The van der Waals surface area contributed by atoms with Crippen molar-refractivity contribution in [3.05, 3.63) is 70.0 Å². The average Bonchev–Trinajstić information content (AvgIpc) is 2.84. The van der Waals surface area contributed by atoms with E-state index in [2.05, 4.69) is 10.4 Å². The summed E-state index contributed by atoms with van der Waals surface area (Å²) in [6.07, 6.45) is 1.58. The van der Waals surface area contributed by atoms with Gasteiger partial charge in [0.2, 0.25) is 5.91 Å². The number of rotatable bonds is 6. The van der Waals surface area contributed by atoms with Gasteiger partial charge in [0.1, 0.15) is 17.3 Å². The Hall–Kier alpha value is -3.52. The highest BCUT2D eigenvalue weighted by molar-refractivity contribution is 6.30. The Kier molecular flexibility index (Phi) is 6.84. The molecule has 33 heavy (non-hydrogen) atoms. The van der Waals surface area contributed by atoms with Crippen molar-refractivity contribution in [1.29, 1.82) is 0 Å². The summed E-state index contributed by atoms with van der Waals surface area (Å²) < 4.78 is 12.0. The summed E-state index contributed by atoms with van der Waals surface area (Å²) in [6.45, 7) is 1.23. The van der Waals surface area contributed by atoms with Gasteiger partial charge >= 0.3 is 0 Å². The third kappa shape index (κ3) is 5.12. The minimum Gasteiger partial charge on any atom is -0.497 e. The number of anilines is 2. The van der Waals surface area contributed by atoms with Crippen LogP contribution in [-0.4, -0.2) is 43.0 Å². The minimum atomic E-state index is -0.252. The van der Waals surface area contributed by atoms with Crippen LogP contribution in [0, 0.1) is 5.92 Å². The Morgan fingerprint density at radius 3 is 2.73 bits per heavy atom. The van der Waals surface area contributed by atoms with E-state index >= 15 is 0 Å². The van der Waals surface area contributed by atoms with Crippen molar-refractivity contribution >= 4 is 29.0 Å². The molecule has 4 rings (SSSR count). The van der Waals surface area contributed by atoms with Crippen LogP contribution >= 0.6 is 11.6 Å². The van der Waals surface area contributed by atoms with E-state index in [1.165, 1.54) is 10.7 Å². The molecular formula is C24H25ClN4O4. The molecule has 1 aliphatic heterocycles. The van der Waals surface area contributed by atoms with Crippen LogP contribution in [0.25, 0.3) is 5.69 Å². The lowest BCUT2D eigenvalue weighted by Gasteiger charge is -2.33. The first-order valence-corrected chi connectivity index (χ1v) is 11.0. The number of nitrogens with one attached hydrogen (secondary N) is 1. The van der Waals surface area contributed by atoms with Crippen LogP contribution in [0.4, 0.5) is 11.5 Å². The van der Waals surface area contributed by atoms with Crippen molar-refractivity contribution in [3.63, 3.8) is 0 Å². The first-order valence-electron chi connectivity index (χ1n) is 10.6. The molecule has 1 atom stereocenters. The van der Waals surface area contributed by atoms with Crippen molar-refractivity contribution in [1.82, 2.24) is 9.78 Å². The smallest absolute Gasteiger partial charge is 0.271 e. The maximum Gasteiger partial charge on any atom is 0.271 e. The van der Waals surface area contributed by atoms with Gasteiger partial charge in [0, 0.05) is 30.2 Å². The Morgan fingerprint density at radius 2 is 1.97 bits per heavy atom. The van der Waals surface area contributed by atoms with Crippen molar-refractivity contribution < 1.29 is 14.3 Å². The van der Waals surface area contributed by atoms with Gasteiger partial charge < -0.3 is 19.7 Å². The molecule has 0 saturated carbocycles. The number of halogens is 1. The highest BCUT2D eigenvalue weighted by atomic mass is 35.5. The Balaban J connectivity index is 1.53. The van der Waals surface area contributed by atoms with Crippen LogP contribution in [0.5, 0.6) is 11.5 Å². The molecule has 0 aliphatic carbocycles. The molecule has 1 aromatic heterocycles. The van der Waals surface area contributed by atoms with Crippen LogP contribution < -0.4 is 25.2 Å². The van der Waals surface area contributed by atoms with Gasteiger partial charge in [-0.1, -0.05) is 17.7 Å². The third-order valence-electron chi connectivity index (χ3n) is 5.62. The van der Waals surface area contributed by atoms with E-state index in [0.717, 1.165) is 19.4 Å². The summed E-state index contributed by atoms with van der Waals surface area (Å²) in [7, 11) is 3.13.